The number of para-hydroxylation sites is 1. The first kappa shape index (κ1) is 12.0. The van der Waals surface area contributed by atoms with Crippen molar-refractivity contribution in [1.82, 2.24) is 0 Å². The molecule has 0 aromatic heterocycles. The maximum absolute atomic E-state index is 3.58. The highest BCUT2D eigenvalue weighted by Gasteiger charge is 2.25. The van der Waals surface area contributed by atoms with Crippen LogP contribution in [-0.4, -0.2) is 12.6 Å². The Morgan fingerprint density at radius 1 is 1.31 bits per heavy atom. The smallest absolute Gasteiger partial charge is 0.0409 e. The molecule has 88 valence electrons. The molecular formula is C14H20BrN. The van der Waals surface area contributed by atoms with E-state index in [1.54, 1.807) is 0 Å². The van der Waals surface area contributed by atoms with E-state index in [2.05, 4.69) is 58.9 Å². The van der Waals surface area contributed by atoms with Gasteiger partial charge in [0.25, 0.3) is 0 Å². The second-order valence-electron chi connectivity index (χ2n) is 4.82. The molecule has 1 aromatic carbocycles. The van der Waals surface area contributed by atoms with Crippen LogP contribution in [0.15, 0.2) is 24.3 Å². The molecule has 0 N–H and O–H groups in total. The van der Waals surface area contributed by atoms with Gasteiger partial charge in [0.15, 0.2) is 0 Å². The second-order valence-corrected chi connectivity index (χ2v) is 5.38. The topological polar surface area (TPSA) is 3.24 Å². The quantitative estimate of drug-likeness (QED) is 0.735. The number of nitrogens with zero attached hydrogens (tertiary/aromatic N) is 1. The van der Waals surface area contributed by atoms with Crippen molar-refractivity contribution in [3.63, 3.8) is 0 Å². The van der Waals surface area contributed by atoms with Crippen LogP contribution >= 0.6 is 15.9 Å². The first-order valence-electron chi connectivity index (χ1n) is 6.14. The number of halogens is 1. The van der Waals surface area contributed by atoms with Crippen molar-refractivity contribution in [1.29, 1.82) is 0 Å². The summed E-state index contributed by atoms with van der Waals surface area (Å²) in [5.41, 5.74) is 2.82. The van der Waals surface area contributed by atoms with Crippen LogP contribution in [0.25, 0.3) is 0 Å². The minimum absolute atomic E-state index is 0.661. The number of hydrogen-bond donors (Lipinski definition) is 0. The van der Waals surface area contributed by atoms with Gasteiger partial charge in [-0.2, -0.15) is 0 Å². The van der Waals surface area contributed by atoms with Gasteiger partial charge in [-0.25, -0.2) is 0 Å². The lowest BCUT2D eigenvalue weighted by Gasteiger charge is -2.40. The molecule has 2 heteroatoms. The van der Waals surface area contributed by atoms with Crippen LogP contribution in [0.2, 0.25) is 0 Å². The Morgan fingerprint density at radius 3 is 2.81 bits per heavy atom. The fraction of sp³-hybridized carbons (Fsp3) is 0.571. The molecule has 1 fully saturated rings. The van der Waals surface area contributed by atoms with Gasteiger partial charge in [0.05, 0.1) is 0 Å². The molecule has 16 heavy (non-hydrogen) atoms. The third-order valence-electron chi connectivity index (χ3n) is 3.82. The normalized spacial score (nSPS) is 25.8. The van der Waals surface area contributed by atoms with Crippen LogP contribution in [0.5, 0.6) is 0 Å². The molecule has 2 rings (SSSR count). The van der Waals surface area contributed by atoms with Crippen LogP contribution in [0.4, 0.5) is 5.69 Å². The molecule has 2 unspecified atom stereocenters. The van der Waals surface area contributed by atoms with E-state index in [9.17, 15) is 0 Å². The highest BCUT2D eigenvalue weighted by Crippen LogP contribution is 2.31. The zero-order valence-electron chi connectivity index (χ0n) is 10.1. The molecule has 0 saturated carbocycles. The van der Waals surface area contributed by atoms with Crippen LogP contribution in [0, 0.1) is 5.92 Å². The van der Waals surface area contributed by atoms with Gasteiger partial charge in [0.1, 0.15) is 0 Å². The van der Waals surface area contributed by atoms with E-state index in [1.165, 1.54) is 30.6 Å². The van der Waals surface area contributed by atoms with Crippen LogP contribution < -0.4 is 4.90 Å². The number of piperidine rings is 1. The molecule has 0 spiro atoms. The van der Waals surface area contributed by atoms with E-state index in [1.807, 2.05) is 0 Å². The molecule has 0 bridgehead atoms. The average Bonchev–Trinajstić information content (AvgIpc) is 2.33. The van der Waals surface area contributed by atoms with Crippen molar-refractivity contribution in [3.8, 4) is 0 Å². The number of alkyl halides is 1. The fourth-order valence-corrected chi connectivity index (χ4v) is 3.05. The van der Waals surface area contributed by atoms with Crippen molar-refractivity contribution < 1.29 is 0 Å². The molecule has 1 aromatic rings. The van der Waals surface area contributed by atoms with E-state index in [0.717, 1.165) is 11.2 Å². The highest BCUT2D eigenvalue weighted by molar-refractivity contribution is 9.08. The molecule has 0 amide bonds. The number of benzene rings is 1. The number of hydrogen-bond acceptors (Lipinski definition) is 1. The van der Waals surface area contributed by atoms with Crippen molar-refractivity contribution in [2.45, 2.75) is 38.1 Å². The Bertz CT molecular complexity index is 350. The Labute approximate surface area is 107 Å². The second kappa shape index (κ2) is 5.22. The van der Waals surface area contributed by atoms with Gasteiger partial charge in [-0.1, -0.05) is 41.1 Å². The Hall–Kier alpha value is -0.500. The summed E-state index contributed by atoms with van der Waals surface area (Å²) in [5.74, 6) is 0.803. The van der Waals surface area contributed by atoms with E-state index >= 15 is 0 Å². The van der Waals surface area contributed by atoms with Crippen LogP contribution in [-0.2, 0) is 5.33 Å². The summed E-state index contributed by atoms with van der Waals surface area (Å²) in [5, 5.41) is 0.945. The predicted octanol–water partition coefficient (Wildman–Crippen LogP) is 4.21. The summed E-state index contributed by atoms with van der Waals surface area (Å²) >= 11 is 3.58. The SMILES string of the molecule is CC1CCCN(c2ccccc2CBr)C1C. The summed E-state index contributed by atoms with van der Waals surface area (Å²) < 4.78 is 0. The molecule has 1 aliphatic heterocycles. The van der Waals surface area contributed by atoms with Gasteiger partial charge in [-0.3, -0.25) is 0 Å². The molecule has 0 aliphatic carbocycles. The van der Waals surface area contributed by atoms with E-state index in [0.29, 0.717) is 6.04 Å². The Balaban J connectivity index is 2.28. The lowest BCUT2D eigenvalue weighted by molar-refractivity contribution is 0.363. The summed E-state index contributed by atoms with van der Waals surface area (Å²) in [6, 6.07) is 9.40. The van der Waals surface area contributed by atoms with Gasteiger partial charge in [-0.15, -0.1) is 0 Å². The summed E-state index contributed by atoms with van der Waals surface area (Å²) in [7, 11) is 0. The van der Waals surface area contributed by atoms with E-state index in [4.69, 9.17) is 0 Å². The molecule has 1 saturated heterocycles. The molecule has 0 radical (unpaired) electrons. The average molecular weight is 282 g/mol. The third kappa shape index (κ3) is 2.27. The zero-order chi connectivity index (χ0) is 11.5. The Kier molecular flexibility index (Phi) is 3.91. The van der Waals surface area contributed by atoms with E-state index in [-0.39, 0.29) is 0 Å². The molecule has 1 heterocycles. The first-order chi connectivity index (χ1) is 7.74. The fourth-order valence-electron chi connectivity index (χ4n) is 2.58. The zero-order valence-corrected chi connectivity index (χ0v) is 11.7. The minimum Gasteiger partial charge on any atom is -0.368 e. The van der Waals surface area contributed by atoms with Crippen LogP contribution in [0.1, 0.15) is 32.3 Å². The number of rotatable bonds is 2. The predicted molar refractivity (Wildman–Crippen MR) is 74.3 cm³/mol. The molecule has 1 aliphatic rings. The minimum atomic E-state index is 0.661. The summed E-state index contributed by atoms with van der Waals surface area (Å²) in [6.45, 7) is 5.93. The van der Waals surface area contributed by atoms with Gasteiger partial charge >= 0.3 is 0 Å². The van der Waals surface area contributed by atoms with Gasteiger partial charge in [0.2, 0.25) is 0 Å². The van der Waals surface area contributed by atoms with Crippen molar-refractivity contribution in [2.24, 2.45) is 5.92 Å². The maximum atomic E-state index is 3.58. The molecule has 2 atom stereocenters. The summed E-state index contributed by atoms with van der Waals surface area (Å²) in [4.78, 5) is 2.57. The lowest BCUT2D eigenvalue weighted by Crippen LogP contribution is -2.42. The Morgan fingerprint density at radius 2 is 2.06 bits per heavy atom. The molecule has 1 nitrogen and oxygen atoms in total. The van der Waals surface area contributed by atoms with Gasteiger partial charge in [-0.05, 0) is 37.3 Å². The number of anilines is 1. The van der Waals surface area contributed by atoms with Gasteiger partial charge < -0.3 is 4.90 Å². The standard InChI is InChI=1S/C14H20BrN/c1-11-6-5-9-16(12(11)2)14-8-4-3-7-13(14)10-15/h3-4,7-8,11-12H,5-6,9-10H2,1-2H3. The van der Waals surface area contributed by atoms with Gasteiger partial charge in [0, 0.05) is 23.6 Å². The van der Waals surface area contributed by atoms with Crippen molar-refractivity contribution in [3.05, 3.63) is 29.8 Å². The van der Waals surface area contributed by atoms with Crippen molar-refractivity contribution >= 4 is 21.6 Å². The van der Waals surface area contributed by atoms with E-state index < -0.39 is 0 Å². The first-order valence-corrected chi connectivity index (χ1v) is 7.26. The van der Waals surface area contributed by atoms with Crippen LogP contribution in [0.3, 0.4) is 0 Å². The summed E-state index contributed by atoms with van der Waals surface area (Å²) in [6.07, 6.45) is 2.69. The monoisotopic (exact) mass is 281 g/mol. The largest absolute Gasteiger partial charge is 0.368 e. The highest BCUT2D eigenvalue weighted by atomic mass is 79.9. The van der Waals surface area contributed by atoms with Crippen molar-refractivity contribution in [2.75, 3.05) is 11.4 Å². The maximum Gasteiger partial charge on any atom is 0.0409 e. The lowest BCUT2D eigenvalue weighted by atomic mass is 9.91. The third-order valence-corrected chi connectivity index (χ3v) is 4.42. The molecular weight excluding hydrogens is 262 g/mol.